The number of aromatic nitrogens is 1. The molecule has 0 bridgehead atoms. The standard InChI is InChI=1S/C12H15ClN4O3/c13-11-10(5-9(7-15-11)17(19)20)12(18)16-3-1-8(6-14)2-4-16/h5,7-8H,1-4,6,14H2. The maximum absolute atomic E-state index is 12.3. The molecule has 7 nitrogen and oxygen atoms in total. The van der Waals surface area contributed by atoms with Crippen LogP contribution in [0.1, 0.15) is 23.2 Å². The Labute approximate surface area is 120 Å². The van der Waals surface area contributed by atoms with Crippen LogP contribution in [0.15, 0.2) is 12.3 Å². The number of piperidine rings is 1. The zero-order valence-electron chi connectivity index (χ0n) is 10.8. The highest BCUT2D eigenvalue weighted by Gasteiger charge is 2.26. The molecule has 0 unspecified atom stereocenters. The van der Waals surface area contributed by atoms with E-state index in [0.717, 1.165) is 19.0 Å². The summed E-state index contributed by atoms with van der Waals surface area (Å²) in [5.74, 6) is 0.111. The second-order valence-electron chi connectivity index (χ2n) is 4.76. The molecule has 1 aliphatic heterocycles. The van der Waals surface area contributed by atoms with Gasteiger partial charge < -0.3 is 10.6 Å². The second-order valence-corrected chi connectivity index (χ2v) is 5.12. The van der Waals surface area contributed by atoms with E-state index in [-0.39, 0.29) is 22.3 Å². The highest BCUT2D eigenvalue weighted by molar-refractivity contribution is 6.32. The third kappa shape index (κ3) is 3.05. The Morgan fingerprint density at radius 1 is 1.55 bits per heavy atom. The average molecular weight is 299 g/mol. The van der Waals surface area contributed by atoms with Crippen molar-refractivity contribution in [1.29, 1.82) is 0 Å². The summed E-state index contributed by atoms with van der Waals surface area (Å²) in [5.41, 5.74) is 5.44. The van der Waals surface area contributed by atoms with Gasteiger partial charge >= 0.3 is 0 Å². The third-order valence-corrected chi connectivity index (χ3v) is 3.80. The molecule has 0 saturated carbocycles. The molecule has 0 spiro atoms. The van der Waals surface area contributed by atoms with E-state index >= 15 is 0 Å². The Morgan fingerprint density at radius 2 is 2.20 bits per heavy atom. The number of carbonyl (C=O) groups excluding carboxylic acids is 1. The molecule has 1 fully saturated rings. The van der Waals surface area contributed by atoms with Crippen LogP contribution in [0.25, 0.3) is 0 Å². The number of pyridine rings is 1. The van der Waals surface area contributed by atoms with E-state index < -0.39 is 4.92 Å². The summed E-state index contributed by atoms with van der Waals surface area (Å²) in [6, 6.07) is 1.17. The van der Waals surface area contributed by atoms with E-state index in [1.807, 2.05) is 0 Å². The molecule has 20 heavy (non-hydrogen) atoms. The SMILES string of the molecule is NCC1CCN(C(=O)c2cc([N+](=O)[O-])cnc2Cl)CC1. The molecular formula is C12H15ClN4O3. The lowest BCUT2D eigenvalue weighted by atomic mass is 9.97. The van der Waals surface area contributed by atoms with E-state index in [4.69, 9.17) is 17.3 Å². The maximum atomic E-state index is 12.3. The Balaban J connectivity index is 2.17. The van der Waals surface area contributed by atoms with Crippen LogP contribution in [-0.2, 0) is 0 Å². The van der Waals surface area contributed by atoms with Gasteiger partial charge in [-0.2, -0.15) is 0 Å². The molecule has 1 aliphatic rings. The van der Waals surface area contributed by atoms with Gasteiger partial charge in [0.15, 0.2) is 0 Å². The monoisotopic (exact) mass is 298 g/mol. The minimum Gasteiger partial charge on any atom is -0.339 e. The summed E-state index contributed by atoms with van der Waals surface area (Å²) in [6.45, 7) is 1.78. The van der Waals surface area contributed by atoms with Crippen molar-refractivity contribution in [3.63, 3.8) is 0 Å². The molecule has 1 saturated heterocycles. The first-order valence-corrected chi connectivity index (χ1v) is 6.70. The highest BCUT2D eigenvalue weighted by atomic mass is 35.5. The molecule has 0 aliphatic carbocycles. The Kier molecular flexibility index (Phi) is 4.51. The molecule has 1 aromatic heterocycles. The van der Waals surface area contributed by atoms with E-state index in [1.165, 1.54) is 6.07 Å². The molecule has 2 rings (SSSR count). The summed E-state index contributed by atoms with van der Waals surface area (Å²) >= 11 is 5.87. The summed E-state index contributed by atoms with van der Waals surface area (Å²) in [4.78, 5) is 27.8. The van der Waals surface area contributed by atoms with Gasteiger partial charge in [-0.25, -0.2) is 4.98 Å². The molecule has 1 amide bonds. The van der Waals surface area contributed by atoms with Gasteiger partial charge in [-0.15, -0.1) is 0 Å². The Bertz CT molecular complexity index is 529. The second kappa shape index (κ2) is 6.15. The predicted octanol–water partition coefficient (Wildman–Crippen LogP) is 1.45. The fourth-order valence-corrected chi connectivity index (χ4v) is 2.41. The topological polar surface area (TPSA) is 102 Å². The van der Waals surface area contributed by atoms with E-state index in [0.29, 0.717) is 25.6 Å². The third-order valence-electron chi connectivity index (χ3n) is 3.50. The van der Waals surface area contributed by atoms with Crippen molar-refractivity contribution in [3.05, 3.63) is 33.1 Å². The largest absolute Gasteiger partial charge is 0.339 e. The van der Waals surface area contributed by atoms with Crippen LogP contribution in [-0.4, -0.2) is 40.3 Å². The number of amides is 1. The van der Waals surface area contributed by atoms with Gasteiger partial charge in [0.2, 0.25) is 0 Å². The lowest BCUT2D eigenvalue weighted by Crippen LogP contribution is -2.40. The van der Waals surface area contributed by atoms with Crippen molar-refractivity contribution in [2.45, 2.75) is 12.8 Å². The molecule has 1 aromatic rings. The van der Waals surface area contributed by atoms with Gasteiger partial charge in [0, 0.05) is 19.2 Å². The van der Waals surface area contributed by atoms with Crippen LogP contribution in [0.2, 0.25) is 5.15 Å². The van der Waals surface area contributed by atoms with Gasteiger partial charge in [-0.3, -0.25) is 14.9 Å². The highest BCUT2D eigenvalue weighted by Crippen LogP contribution is 2.23. The summed E-state index contributed by atoms with van der Waals surface area (Å²) in [5, 5.41) is 10.7. The lowest BCUT2D eigenvalue weighted by molar-refractivity contribution is -0.385. The first kappa shape index (κ1) is 14.7. The maximum Gasteiger partial charge on any atom is 0.288 e. The zero-order valence-corrected chi connectivity index (χ0v) is 11.5. The van der Waals surface area contributed by atoms with Crippen molar-refractivity contribution >= 4 is 23.2 Å². The Hall–Kier alpha value is -1.73. The average Bonchev–Trinajstić information content (AvgIpc) is 2.47. The van der Waals surface area contributed by atoms with Gasteiger partial charge in [-0.05, 0) is 25.3 Å². The summed E-state index contributed by atoms with van der Waals surface area (Å²) in [7, 11) is 0. The van der Waals surface area contributed by atoms with Gasteiger partial charge in [-0.1, -0.05) is 11.6 Å². The van der Waals surface area contributed by atoms with Gasteiger partial charge in [0.25, 0.3) is 11.6 Å². The lowest BCUT2D eigenvalue weighted by Gasteiger charge is -2.31. The van der Waals surface area contributed by atoms with E-state index in [9.17, 15) is 14.9 Å². The number of halogens is 1. The molecule has 2 heterocycles. The molecule has 2 N–H and O–H groups in total. The summed E-state index contributed by atoms with van der Waals surface area (Å²) < 4.78 is 0. The van der Waals surface area contributed by atoms with Crippen LogP contribution in [0.3, 0.4) is 0 Å². The smallest absolute Gasteiger partial charge is 0.288 e. The zero-order chi connectivity index (χ0) is 14.7. The Morgan fingerprint density at radius 3 is 2.75 bits per heavy atom. The van der Waals surface area contributed by atoms with Gasteiger partial charge in [0.1, 0.15) is 11.3 Å². The predicted molar refractivity (Wildman–Crippen MR) is 73.6 cm³/mol. The van der Waals surface area contributed by atoms with E-state index in [2.05, 4.69) is 4.98 Å². The number of likely N-dealkylation sites (tertiary alicyclic amines) is 1. The molecule has 0 radical (unpaired) electrons. The number of rotatable bonds is 3. The molecular weight excluding hydrogens is 284 g/mol. The molecule has 0 aromatic carbocycles. The number of hydrogen-bond acceptors (Lipinski definition) is 5. The van der Waals surface area contributed by atoms with E-state index in [1.54, 1.807) is 4.90 Å². The van der Waals surface area contributed by atoms with Crippen molar-refractivity contribution < 1.29 is 9.72 Å². The van der Waals surface area contributed by atoms with Crippen LogP contribution >= 0.6 is 11.6 Å². The first-order chi connectivity index (χ1) is 9.52. The van der Waals surface area contributed by atoms with Crippen molar-refractivity contribution in [2.75, 3.05) is 19.6 Å². The number of nitrogens with two attached hydrogens (primary N) is 1. The van der Waals surface area contributed by atoms with Crippen molar-refractivity contribution in [1.82, 2.24) is 9.88 Å². The number of nitrogens with zero attached hydrogens (tertiary/aromatic N) is 3. The first-order valence-electron chi connectivity index (χ1n) is 6.32. The van der Waals surface area contributed by atoms with Crippen LogP contribution in [0.5, 0.6) is 0 Å². The van der Waals surface area contributed by atoms with Gasteiger partial charge in [0.05, 0.1) is 10.5 Å². The number of nitro groups is 1. The fraction of sp³-hybridized carbons (Fsp3) is 0.500. The quantitative estimate of drug-likeness (QED) is 0.517. The molecule has 0 atom stereocenters. The minimum atomic E-state index is -0.596. The van der Waals surface area contributed by atoms with Crippen LogP contribution < -0.4 is 5.73 Å². The minimum absolute atomic E-state index is 0.0125. The van der Waals surface area contributed by atoms with Crippen molar-refractivity contribution in [2.24, 2.45) is 11.7 Å². The van der Waals surface area contributed by atoms with Crippen LogP contribution in [0.4, 0.5) is 5.69 Å². The van der Waals surface area contributed by atoms with Crippen LogP contribution in [0, 0.1) is 16.0 Å². The number of hydrogen-bond donors (Lipinski definition) is 1. The van der Waals surface area contributed by atoms with Crippen molar-refractivity contribution in [3.8, 4) is 0 Å². The fourth-order valence-electron chi connectivity index (χ4n) is 2.23. The molecule has 8 heteroatoms. The normalized spacial score (nSPS) is 16.2. The molecule has 108 valence electrons. The number of carbonyl (C=O) groups is 1. The summed E-state index contributed by atoms with van der Waals surface area (Å²) in [6.07, 6.45) is 2.71.